The molecule has 466 valence electrons. The molecule has 0 unspecified atom stereocenters. The van der Waals surface area contributed by atoms with Gasteiger partial charge in [-0.15, -0.1) is 22.7 Å². The number of nitrogens with zero attached hydrogens (tertiary/aromatic N) is 5. The van der Waals surface area contributed by atoms with Crippen LogP contribution in [0.25, 0.3) is 51.5 Å². The van der Waals surface area contributed by atoms with Crippen LogP contribution in [0.2, 0.25) is 0 Å². The molecule has 0 amide bonds. The summed E-state index contributed by atoms with van der Waals surface area (Å²) in [6.07, 6.45) is 0. The summed E-state index contributed by atoms with van der Waals surface area (Å²) in [5, 5.41) is 4.99. The molecule has 4 aliphatic heterocycles. The quantitative estimate of drug-likeness (QED) is 0.127. The molecule has 0 aliphatic carbocycles. The Bertz CT molecular complexity index is 6110. The Morgan fingerprint density at radius 2 is 0.780 bits per heavy atom. The molecule has 0 N–H and O–H groups in total. The molecule has 6 heterocycles. The van der Waals surface area contributed by atoms with Crippen LogP contribution in [0.15, 0.2) is 346 Å². The van der Waals surface area contributed by atoms with Crippen LogP contribution in [-0.4, -0.2) is 13.4 Å². The van der Waals surface area contributed by atoms with E-state index in [2.05, 4.69) is 370 Å². The molecule has 0 saturated carbocycles. The molecule has 17 aromatic rings. The fourth-order valence-electron chi connectivity index (χ4n) is 16.7. The highest BCUT2D eigenvalue weighted by atomic mass is 32.1. The van der Waals surface area contributed by atoms with Crippen molar-refractivity contribution in [3.8, 4) is 22.6 Å². The summed E-state index contributed by atoms with van der Waals surface area (Å²) in [7, 11) is 0. The minimum absolute atomic E-state index is 0.223. The molecule has 0 bridgehead atoms. The van der Waals surface area contributed by atoms with Gasteiger partial charge in [0.15, 0.2) is 0 Å². The Morgan fingerprint density at radius 1 is 0.280 bits per heavy atom. The summed E-state index contributed by atoms with van der Waals surface area (Å²) >= 11 is 3.72. The Morgan fingerprint density at radius 3 is 1.50 bits per heavy atom. The van der Waals surface area contributed by atoms with Crippen molar-refractivity contribution in [2.24, 2.45) is 0 Å². The fraction of sp³-hybridized carbons (Fsp3) is 0. The molecule has 6 nitrogen and oxygen atoms in total. The van der Waals surface area contributed by atoms with Gasteiger partial charge in [-0.25, -0.2) is 0 Å². The first-order valence-electron chi connectivity index (χ1n) is 34.2. The van der Waals surface area contributed by atoms with Crippen molar-refractivity contribution in [1.29, 1.82) is 0 Å². The highest BCUT2D eigenvalue weighted by molar-refractivity contribution is 7.26. The number of rotatable bonds is 10. The van der Waals surface area contributed by atoms with E-state index in [1.165, 1.54) is 62.2 Å². The zero-order chi connectivity index (χ0) is 65.5. The van der Waals surface area contributed by atoms with Crippen LogP contribution in [0.4, 0.5) is 85.3 Å². The first-order chi connectivity index (χ1) is 49.6. The van der Waals surface area contributed by atoms with Crippen molar-refractivity contribution in [1.82, 2.24) is 0 Å². The van der Waals surface area contributed by atoms with Gasteiger partial charge < -0.3 is 29.2 Å². The first-order valence-corrected chi connectivity index (χ1v) is 35.8. The van der Waals surface area contributed by atoms with Gasteiger partial charge >= 0.3 is 0 Å². The molecule has 0 spiro atoms. The summed E-state index contributed by atoms with van der Waals surface area (Å²) < 4.78 is 12.5. The van der Waals surface area contributed by atoms with E-state index in [4.69, 9.17) is 4.74 Å². The number of para-hydroxylation sites is 7. The van der Waals surface area contributed by atoms with E-state index in [1.807, 2.05) is 22.7 Å². The molecule has 15 aromatic carbocycles. The predicted molar refractivity (Wildman–Crippen MR) is 427 cm³/mol. The maximum Gasteiger partial charge on any atom is 0.256 e. The van der Waals surface area contributed by atoms with Crippen LogP contribution in [0.1, 0.15) is 0 Å². The van der Waals surface area contributed by atoms with Crippen LogP contribution >= 0.6 is 22.7 Å². The average Bonchev–Trinajstić information content (AvgIpc) is 0.812. The summed E-state index contributed by atoms with van der Waals surface area (Å²) in [5.41, 5.74) is 25.6. The third-order valence-corrected chi connectivity index (χ3v) is 23.1. The van der Waals surface area contributed by atoms with Crippen molar-refractivity contribution in [2.45, 2.75) is 0 Å². The van der Waals surface area contributed by atoms with Gasteiger partial charge in [0.25, 0.3) is 13.4 Å². The van der Waals surface area contributed by atoms with Gasteiger partial charge in [0, 0.05) is 104 Å². The fourth-order valence-corrected chi connectivity index (χ4v) is 19.1. The molecule has 0 atom stereocenters. The summed E-state index contributed by atoms with van der Waals surface area (Å²) in [5.74, 6) is 1.69. The van der Waals surface area contributed by atoms with E-state index in [9.17, 15) is 0 Å². The van der Waals surface area contributed by atoms with E-state index < -0.39 is 0 Å². The normalized spacial score (nSPS) is 13.0. The monoisotopic (exact) mass is 1310 g/mol. The molecular formula is C90H57B2N5OS2. The number of anilines is 15. The highest BCUT2D eigenvalue weighted by Crippen LogP contribution is 2.55. The lowest BCUT2D eigenvalue weighted by molar-refractivity contribution is 0.487. The van der Waals surface area contributed by atoms with E-state index >= 15 is 0 Å². The smallest absolute Gasteiger partial charge is 0.256 e. The van der Waals surface area contributed by atoms with Crippen LogP contribution in [-0.2, 0) is 0 Å². The minimum Gasteiger partial charge on any atom is -0.458 e. The lowest BCUT2D eigenvalue weighted by Gasteiger charge is -2.47. The highest BCUT2D eigenvalue weighted by Gasteiger charge is 2.49. The molecule has 2 aromatic heterocycles. The van der Waals surface area contributed by atoms with E-state index in [0.29, 0.717) is 0 Å². The van der Waals surface area contributed by atoms with Crippen LogP contribution in [0.3, 0.4) is 0 Å². The van der Waals surface area contributed by atoms with Gasteiger partial charge in [0.05, 0.1) is 33.1 Å². The lowest BCUT2D eigenvalue weighted by Crippen LogP contribution is -2.64. The number of hydrogen-bond donors (Lipinski definition) is 0. The van der Waals surface area contributed by atoms with Crippen molar-refractivity contribution < 1.29 is 4.74 Å². The second kappa shape index (κ2) is 22.6. The lowest BCUT2D eigenvalue weighted by atomic mass is 9.30. The van der Waals surface area contributed by atoms with Crippen LogP contribution < -0.4 is 62.0 Å². The van der Waals surface area contributed by atoms with Crippen molar-refractivity contribution in [3.05, 3.63) is 346 Å². The Labute approximate surface area is 588 Å². The van der Waals surface area contributed by atoms with Gasteiger partial charge in [-0.2, -0.15) is 0 Å². The van der Waals surface area contributed by atoms with Crippen LogP contribution in [0.5, 0.6) is 11.5 Å². The zero-order valence-corrected chi connectivity index (χ0v) is 55.7. The summed E-state index contributed by atoms with van der Waals surface area (Å²) in [4.78, 5) is 12.7. The van der Waals surface area contributed by atoms with Gasteiger partial charge in [-0.3, -0.25) is 0 Å². The largest absolute Gasteiger partial charge is 0.458 e. The molecule has 100 heavy (non-hydrogen) atoms. The maximum absolute atomic E-state index is 7.46. The number of ether oxygens (including phenoxy) is 1. The third kappa shape index (κ3) is 8.64. The molecule has 0 radical (unpaired) electrons. The van der Waals surface area contributed by atoms with E-state index in [1.54, 1.807) is 0 Å². The number of thiophene rings is 2. The van der Waals surface area contributed by atoms with Crippen LogP contribution in [0, 0.1) is 0 Å². The first kappa shape index (κ1) is 56.8. The average molecular weight is 1310 g/mol. The van der Waals surface area contributed by atoms with Gasteiger partial charge in [-0.05, 0) is 160 Å². The van der Waals surface area contributed by atoms with Gasteiger partial charge in [0.2, 0.25) is 0 Å². The minimum atomic E-state index is -0.230. The van der Waals surface area contributed by atoms with Gasteiger partial charge in [-0.1, -0.05) is 218 Å². The Balaban J connectivity index is 0.886. The second-order valence-corrected chi connectivity index (χ2v) is 28.3. The molecule has 21 rings (SSSR count). The van der Waals surface area contributed by atoms with E-state index in [0.717, 1.165) is 119 Å². The topological polar surface area (TPSA) is 25.4 Å². The standard InChI is InChI=1S/C90H57B2N5OS2/c1-6-28-58(29-7-1)65-38-16-21-44-73(65)96-78-57-77-71(92-70-43-20-23-48-82(70)98-83-55-64(54-81(89(83)92)95(77)62-36-14-5-15-37-62)94(61-34-12-4-13-35-61)76-47-26-41-67-66-39-17-24-49-84(66)100-90(67)76)56-72(78)91-69-42-19-22-45-74(69)97(75-46-27-51-86-87(75)68-40-18-25-50-85(68)99-86)80-53-63(52-79(96)88(80)91)93(59-30-8-2-9-31-59)60-32-10-3-11-33-60/h1-57H. The Hall–Kier alpha value is -12.3. The number of hydrogen-bond acceptors (Lipinski definition) is 8. The number of benzene rings is 15. The maximum atomic E-state index is 7.46. The Kier molecular flexibility index (Phi) is 12.9. The molecule has 0 saturated heterocycles. The summed E-state index contributed by atoms with van der Waals surface area (Å²) in [6.45, 7) is -0.453. The molecule has 4 aliphatic rings. The van der Waals surface area contributed by atoms with Crippen molar-refractivity contribution >= 4 is 195 Å². The van der Waals surface area contributed by atoms with Gasteiger partial charge in [0.1, 0.15) is 11.5 Å². The second-order valence-electron chi connectivity index (χ2n) is 26.2. The zero-order valence-electron chi connectivity index (χ0n) is 54.0. The number of fused-ring (bicyclic) bond motifs is 14. The van der Waals surface area contributed by atoms with Crippen molar-refractivity contribution in [3.63, 3.8) is 0 Å². The molecule has 0 fully saturated rings. The van der Waals surface area contributed by atoms with Crippen molar-refractivity contribution in [2.75, 3.05) is 24.5 Å². The summed E-state index contributed by atoms with van der Waals surface area (Å²) in [6, 6.07) is 128. The third-order valence-electron chi connectivity index (χ3n) is 20.8. The SMILES string of the molecule is c1ccc(-c2ccccc2N2c3cc4c(cc3B3c5ccccc5N(c5cccc6sc7ccccc7c56)c5cc(N(c6ccccc6)c6ccccc6)cc2c53)B2c3ccccc3Oc3cc(N(c5ccccc5)c5cccc6c5sc5ccccc56)cc(c32)N4c2ccccc2)cc1. The van der Waals surface area contributed by atoms with E-state index in [-0.39, 0.29) is 13.4 Å². The molecule has 10 heteroatoms. The predicted octanol–water partition coefficient (Wildman–Crippen LogP) is 21.5. The molecular weight excluding hydrogens is 1250 g/mol.